The molecule has 1 aliphatic rings. The second-order valence-electron chi connectivity index (χ2n) is 6.98. The van der Waals surface area contributed by atoms with Crippen molar-refractivity contribution in [1.29, 1.82) is 0 Å². The standard InChI is InChI=1S/C23H23N3O2/c27-22(26-15-12-20(17-26)28-23-24-13-7-14-25-23)16-21(18-8-3-1-4-9-18)19-10-5-2-6-11-19/h1-11,13-14,20-21H,12,15-17H2/t20-/m1/s1. The Bertz CT molecular complexity index is 848. The number of hydrogen-bond donors (Lipinski definition) is 0. The van der Waals surface area contributed by atoms with Crippen molar-refractivity contribution in [1.82, 2.24) is 14.9 Å². The van der Waals surface area contributed by atoms with Crippen LogP contribution in [0.4, 0.5) is 0 Å². The summed E-state index contributed by atoms with van der Waals surface area (Å²) in [4.78, 5) is 23.1. The second-order valence-corrected chi connectivity index (χ2v) is 6.98. The number of amides is 1. The van der Waals surface area contributed by atoms with Crippen LogP contribution in [0.15, 0.2) is 79.1 Å². The van der Waals surface area contributed by atoms with Gasteiger partial charge in [-0.1, -0.05) is 60.7 Å². The van der Waals surface area contributed by atoms with Crippen molar-refractivity contribution in [3.8, 4) is 6.01 Å². The smallest absolute Gasteiger partial charge is 0.316 e. The van der Waals surface area contributed by atoms with Gasteiger partial charge in [-0.25, -0.2) is 9.97 Å². The Morgan fingerprint density at radius 1 is 0.964 bits per heavy atom. The lowest BCUT2D eigenvalue weighted by Gasteiger charge is -2.22. The number of carbonyl (C=O) groups is 1. The zero-order valence-corrected chi connectivity index (χ0v) is 15.6. The van der Waals surface area contributed by atoms with Gasteiger partial charge in [-0.15, -0.1) is 0 Å². The van der Waals surface area contributed by atoms with Crippen LogP contribution in [0.5, 0.6) is 6.01 Å². The van der Waals surface area contributed by atoms with Crippen LogP contribution >= 0.6 is 0 Å². The first-order valence-electron chi connectivity index (χ1n) is 9.61. The molecular formula is C23H23N3O2. The molecule has 1 atom stereocenters. The van der Waals surface area contributed by atoms with Crippen LogP contribution in [-0.4, -0.2) is 40.0 Å². The highest BCUT2D eigenvalue weighted by molar-refractivity contribution is 5.78. The maximum atomic E-state index is 13.0. The highest BCUT2D eigenvalue weighted by atomic mass is 16.5. The fourth-order valence-corrected chi connectivity index (χ4v) is 3.65. The SMILES string of the molecule is O=C(CC(c1ccccc1)c1ccccc1)N1CC[C@@H](Oc2ncccn2)C1. The highest BCUT2D eigenvalue weighted by Gasteiger charge is 2.30. The minimum atomic E-state index is -0.0572. The fraction of sp³-hybridized carbons (Fsp3) is 0.261. The molecule has 0 N–H and O–H groups in total. The maximum absolute atomic E-state index is 13.0. The zero-order valence-electron chi connectivity index (χ0n) is 15.6. The normalized spacial score (nSPS) is 16.3. The third-order valence-corrected chi connectivity index (χ3v) is 5.09. The van der Waals surface area contributed by atoms with Gasteiger partial charge in [-0.05, 0) is 17.2 Å². The van der Waals surface area contributed by atoms with Crippen molar-refractivity contribution >= 4 is 5.91 Å². The molecule has 5 heteroatoms. The van der Waals surface area contributed by atoms with E-state index in [0.717, 1.165) is 17.5 Å². The quantitative estimate of drug-likeness (QED) is 0.661. The van der Waals surface area contributed by atoms with E-state index in [-0.39, 0.29) is 17.9 Å². The van der Waals surface area contributed by atoms with Crippen LogP contribution in [0.1, 0.15) is 29.9 Å². The largest absolute Gasteiger partial charge is 0.458 e. The van der Waals surface area contributed by atoms with Gasteiger partial charge in [0.1, 0.15) is 6.10 Å². The first kappa shape index (κ1) is 18.2. The number of carbonyl (C=O) groups excluding carboxylic acids is 1. The van der Waals surface area contributed by atoms with Crippen molar-refractivity contribution in [2.75, 3.05) is 13.1 Å². The number of aromatic nitrogens is 2. The molecular weight excluding hydrogens is 350 g/mol. The number of rotatable bonds is 6. The number of likely N-dealkylation sites (tertiary alicyclic amines) is 1. The molecule has 0 unspecified atom stereocenters. The van der Waals surface area contributed by atoms with E-state index >= 15 is 0 Å². The summed E-state index contributed by atoms with van der Waals surface area (Å²) in [6.45, 7) is 1.28. The van der Waals surface area contributed by atoms with E-state index in [1.165, 1.54) is 0 Å². The van der Waals surface area contributed by atoms with Crippen LogP contribution in [-0.2, 0) is 4.79 Å². The van der Waals surface area contributed by atoms with Crippen molar-refractivity contribution in [3.05, 3.63) is 90.3 Å². The zero-order chi connectivity index (χ0) is 19.2. The Hall–Kier alpha value is -3.21. The molecule has 5 nitrogen and oxygen atoms in total. The van der Waals surface area contributed by atoms with Crippen LogP contribution < -0.4 is 4.74 Å². The van der Waals surface area contributed by atoms with E-state index in [0.29, 0.717) is 25.5 Å². The Labute approximate surface area is 165 Å². The summed E-state index contributed by atoms with van der Waals surface area (Å²) >= 11 is 0. The predicted molar refractivity (Wildman–Crippen MR) is 107 cm³/mol. The lowest BCUT2D eigenvalue weighted by molar-refractivity contribution is -0.130. The molecule has 0 radical (unpaired) electrons. The van der Waals surface area contributed by atoms with Gasteiger partial charge in [0, 0.05) is 37.7 Å². The molecule has 1 aliphatic heterocycles. The molecule has 2 heterocycles. The van der Waals surface area contributed by atoms with Gasteiger partial charge in [0.25, 0.3) is 0 Å². The van der Waals surface area contributed by atoms with E-state index in [9.17, 15) is 4.79 Å². The molecule has 142 valence electrons. The molecule has 3 aromatic rings. The fourth-order valence-electron chi connectivity index (χ4n) is 3.65. The van der Waals surface area contributed by atoms with Crippen molar-refractivity contribution in [2.24, 2.45) is 0 Å². The van der Waals surface area contributed by atoms with Gasteiger partial charge < -0.3 is 9.64 Å². The average Bonchev–Trinajstić information content (AvgIpc) is 3.22. The summed E-state index contributed by atoms with van der Waals surface area (Å²) in [6, 6.07) is 22.6. The van der Waals surface area contributed by atoms with Crippen LogP contribution in [0.3, 0.4) is 0 Å². The first-order chi connectivity index (χ1) is 13.8. The Kier molecular flexibility index (Phi) is 5.61. The third kappa shape index (κ3) is 4.36. The Morgan fingerprint density at radius 2 is 1.57 bits per heavy atom. The van der Waals surface area contributed by atoms with Gasteiger partial charge in [0.05, 0.1) is 6.54 Å². The summed E-state index contributed by atoms with van der Waals surface area (Å²) in [6.07, 6.45) is 4.50. The topological polar surface area (TPSA) is 55.3 Å². The molecule has 0 bridgehead atoms. The van der Waals surface area contributed by atoms with Crippen LogP contribution in [0.25, 0.3) is 0 Å². The maximum Gasteiger partial charge on any atom is 0.316 e. The van der Waals surface area contributed by atoms with Crippen molar-refractivity contribution in [3.63, 3.8) is 0 Å². The molecule has 1 aromatic heterocycles. The van der Waals surface area contributed by atoms with Crippen molar-refractivity contribution in [2.45, 2.75) is 24.9 Å². The summed E-state index contributed by atoms with van der Waals surface area (Å²) in [5, 5.41) is 0. The minimum absolute atomic E-state index is 0.0484. The van der Waals surface area contributed by atoms with E-state index in [2.05, 4.69) is 34.2 Å². The van der Waals surface area contributed by atoms with E-state index in [1.54, 1.807) is 18.5 Å². The second kappa shape index (κ2) is 8.65. The molecule has 1 amide bonds. The molecule has 1 fully saturated rings. The van der Waals surface area contributed by atoms with Gasteiger partial charge in [-0.3, -0.25) is 4.79 Å². The first-order valence-corrected chi connectivity index (χ1v) is 9.61. The summed E-state index contributed by atoms with van der Waals surface area (Å²) in [7, 11) is 0. The molecule has 2 aromatic carbocycles. The number of ether oxygens (including phenoxy) is 1. The van der Waals surface area contributed by atoms with E-state index in [4.69, 9.17) is 4.74 Å². The Morgan fingerprint density at radius 3 is 2.18 bits per heavy atom. The highest BCUT2D eigenvalue weighted by Crippen LogP contribution is 2.29. The van der Waals surface area contributed by atoms with E-state index in [1.807, 2.05) is 41.3 Å². The van der Waals surface area contributed by atoms with Crippen LogP contribution in [0.2, 0.25) is 0 Å². The van der Waals surface area contributed by atoms with Crippen LogP contribution in [0, 0.1) is 0 Å². The van der Waals surface area contributed by atoms with Gasteiger partial charge in [0.15, 0.2) is 0 Å². The molecule has 0 aliphatic carbocycles. The van der Waals surface area contributed by atoms with E-state index < -0.39 is 0 Å². The van der Waals surface area contributed by atoms with Gasteiger partial charge >= 0.3 is 6.01 Å². The number of benzene rings is 2. The van der Waals surface area contributed by atoms with Crippen molar-refractivity contribution < 1.29 is 9.53 Å². The molecule has 4 rings (SSSR count). The summed E-state index contributed by atoms with van der Waals surface area (Å²) in [5.41, 5.74) is 2.32. The third-order valence-electron chi connectivity index (χ3n) is 5.09. The number of nitrogens with zero attached hydrogens (tertiary/aromatic N) is 3. The molecule has 28 heavy (non-hydrogen) atoms. The molecule has 0 spiro atoms. The lowest BCUT2D eigenvalue weighted by Crippen LogP contribution is -2.32. The molecule has 1 saturated heterocycles. The Balaban J connectivity index is 1.43. The summed E-state index contributed by atoms with van der Waals surface area (Å²) in [5.74, 6) is 0.199. The summed E-state index contributed by atoms with van der Waals surface area (Å²) < 4.78 is 5.81. The average molecular weight is 373 g/mol. The minimum Gasteiger partial charge on any atom is -0.458 e. The number of hydrogen-bond acceptors (Lipinski definition) is 4. The van der Waals surface area contributed by atoms with Gasteiger partial charge in [-0.2, -0.15) is 0 Å². The van der Waals surface area contributed by atoms with Gasteiger partial charge in [0.2, 0.25) is 5.91 Å². The predicted octanol–water partition coefficient (Wildman–Crippen LogP) is 3.68. The molecule has 0 saturated carbocycles. The lowest BCUT2D eigenvalue weighted by atomic mass is 9.88. The monoisotopic (exact) mass is 373 g/mol.